The van der Waals surface area contributed by atoms with Gasteiger partial charge in [0.25, 0.3) is 0 Å². The van der Waals surface area contributed by atoms with Gasteiger partial charge in [-0.1, -0.05) is 71.7 Å². The Morgan fingerprint density at radius 3 is 2.69 bits per heavy atom. The summed E-state index contributed by atoms with van der Waals surface area (Å²) in [5, 5.41) is 4.33. The van der Waals surface area contributed by atoms with E-state index < -0.39 is 0 Å². The van der Waals surface area contributed by atoms with Crippen LogP contribution in [-0.2, 0) is 17.6 Å². The Labute approximate surface area is 179 Å². The third-order valence-electron chi connectivity index (χ3n) is 4.60. The lowest BCUT2D eigenvalue weighted by molar-refractivity contribution is -0.115. The van der Waals surface area contributed by atoms with Crippen LogP contribution < -0.4 is 5.32 Å². The molecule has 0 bridgehead atoms. The summed E-state index contributed by atoms with van der Waals surface area (Å²) in [5.41, 5.74) is 3.79. The Morgan fingerprint density at radius 2 is 1.86 bits per heavy atom. The average Bonchev–Trinajstić information content (AvgIpc) is 2.73. The number of hydrogen-bond donors (Lipinski definition) is 1. The van der Waals surface area contributed by atoms with Crippen molar-refractivity contribution in [2.24, 2.45) is 0 Å². The highest BCUT2D eigenvalue weighted by Gasteiger charge is 2.27. The molecular weight excluding hydrogens is 400 g/mol. The number of aryl methyl sites for hydroxylation is 1. The smallest absolute Gasteiger partial charge is 0.238 e. The highest BCUT2D eigenvalue weighted by Crippen LogP contribution is 2.36. The molecule has 4 rings (SSSR count). The lowest BCUT2D eigenvalue weighted by atomic mass is 10.1. The third kappa shape index (κ3) is 5.20. The van der Waals surface area contributed by atoms with E-state index in [1.165, 1.54) is 17.3 Å². The summed E-state index contributed by atoms with van der Waals surface area (Å²) in [6.07, 6.45) is 2.20. The summed E-state index contributed by atoms with van der Waals surface area (Å²) in [4.78, 5) is 17.1. The molecule has 5 heteroatoms. The molecule has 1 amide bonds. The number of rotatable bonds is 4. The van der Waals surface area contributed by atoms with Crippen LogP contribution in [0.3, 0.4) is 0 Å². The van der Waals surface area contributed by atoms with Crippen molar-refractivity contribution in [2.45, 2.75) is 29.5 Å². The monoisotopic (exact) mass is 418 g/mol. The number of halogens is 1. The second-order valence-corrected chi connectivity index (χ2v) is 8.41. The molecule has 2 aromatic carbocycles. The number of anilines is 1. The van der Waals surface area contributed by atoms with E-state index in [-0.39, 0.29) is 11.2 Å². The zero-order valence-electron chi connectivity index (χ0n) is 15.7. The van der Waals surface area contributed by atoms with Gasteiger partial charge in [-0.15, -0.1) is 0 Å². The molecule has 1 N–H and O–H groups in total. The van der Waals surface area contributed by atoms with Crippen LogP contribution >= 0.6 is 23.4 Å². The van der Waals surface area contributed by atoms with Gasteiger partial charge < -0.3 is 5.32 Å². The van der Waals surface area contributed by atoms with Gasteiger partial charge >= 0.3 is 0 Å². The van der Waals surface area contributed by atoms with Crippen molar-refractivity contribution in [3.63, 3.8) is 0 Å². The van der Waals surface area contributed by atoms with Crippen molar-refractivity contribution in [1.82, 2.24) is 4.98 Å². The van der Waals surface area contributed by atoms with E-state index in [1.54, 1.807) is 0 Å². The Bertz CT molecular complexity index is 1090. The van der Waals surface area contributed by atoms with E-state index in [0.29, 0.717) is 11.4 Å². The van der Waals surface area contributed by atoms with Crippen molar-refractivity contribution < 1.29 is 4.79 Å². The summed E-state index contributed by atoms with van der Waals surface area (Å²) in [6, 6.07) is 21.6. The Morgan fingerprint density at radius 1 is 1.03 bits per heavy atom. The maximum Gasteiger partial charge on any atom is 0.238 e. The molecule has 1 unspecified atom stereocenters. The Hall–Kier alpha value is -2.74. The summed E-state index contributed by atoms with van der Waals surface area (Å²) >= 11 is 7.56. The number of pyridine rings is 1. The summed E-state index contributed by atoms with van der Waals surface area (Å²) < 4.78 is 0. The summed E-state index contributed by atoms with van der Waals surface area (Å²) in [5.74, 6) is 6.33. The van der Waals surface area contributed by atoms with Gasteiger partial charge in [0.15, 0.2) is 0 Å². The molecule has 0 spiro atoms. The van der Waals surface area contributed by atoms with Crippen LogP contribution in [0, 0.1) is 11.8 Å². The second-order valence-electron chi connectivity index (χ2n) is 6.78. The molecule has 1 aliphatic heterocycles. The minimum atomic E-state index is -0.179. The van der Waals surface area contributed by atoms with E-state index in [2.05, 4.69) is 34.3 Å². The number of benzene rings is 2. The van der Waals surface area contributed by atoms with Crippen LogP contribution in [0.4, 0.5) is 5.69 Å². The molecule has 1 aromatic heterocycles. The number of hydrogen-bond acceptors (Lipinski definition) is 3. The van der Waals surface area contributed by atoms with E-state index in [0.717, 1.165) is 34.8 Å². The first-order valence-corrected chi connectivity index (χ1v) is 10.7. The number of carbonyl (C=O) groups is 1. The second kappa shape index (κ2) is 9.17. The first-order chi connectivity index (χ1) is 14.2. The molecule has 0 radical (unpaired) electrons. The Kier molecular flexibility index (Phi) is 6.19. The van der Waals surface area contributed by atoms with Gasteiger partial charge in [-0.3, -0.25) is 4.79 Å². The standard InChI is InChI=1S/C24H19ClN2OS/c25-19-10-4-9-18(16-19)12-15-22-23(28)27-21-14-13-20(26-24(21)29-22)11-5-8-17-6-2-1-3-7-17/h1-4,6-7,9-10,13-14,16,22H,8,12,15H2,(H,27,28). The minimum Gasteiger partial charge on any atom is -0.323 e. The molecule has 1 aliphatic rings. The topological polar surface area (TPSA) is 42.0 Å². The molecule has 3 nitrogen and oxygen atoms in total. The van der Waals surface area contributed by atoms with Crippen molar-refractivity contribution in [2.75, 3.05) is 5.32 Å². The molecule has 0 fully saturated rings. The normalized spacial score (nSPS) is 15.1. The molecule has 2 heterocycles. The fourth-order valence-electron chi connectivity index (χ4n) is 3.11. The molecule has 3 aromatic rings. The Balaban J connectivity index is 1.43. The van der Waals surface area contributed by atoms with E-state index >= 15 is 0 Å². The predicted molar refractivity (Wildman–Crippen MR) is 119 cm³/mol. The van der Waals surface area contributed by atoms with Crippen LogP contribution in [0.25, 0.3) is 0 Å². The number of nitrogens with one attached hydrogen (secondary N) is 1. The van der Waals surface area contributed by atoms with Crippen molar-refractivity contribution in [3.05, 3.63) is 88.6 Å². The molecule has 29 heavy (non-hydrogen) atoms. The number of aromatic nitrogens is 1. The largest absolute Gasteiger partial charge is 0.323 e. The van der Waals surface area contributed by atoms with Crippen LogP contribution in [0.2, 0.25) is 5.02 Å². The lowest BCUT2D eigenvalue weighted by Crippen LogP contribution is -2.29. The van der Waals surface area contributed by atoms with Gasteiger partial charge in [-0.05, 0) is 54.2 Å². The quantitative estimate of drug-likeness (QED) is 0.579. The van der Waals surface area contributed by atoms with Crippen LogP contribution in [0.15, 0.2) is 71.8 Å². The highest BCUT2D eigenvalue weighted by atomic mass is 35.5. The number of nitrogens with zero attached hydrogens (tertiary/aromatic N) is 1. The van der Waals surface area contributed by atoms with E-state index in [4.69, 9.17) is 11.6 Å². The number of carbonyl (C=O) groups excluding carboxylic acids is 1. The maximum absolute atomic E-state index is 12.4. The molecule has 0 saturated heterocycles. The first kappa shape index (κ1) is 19.6. The van der Waals surface area contributed by atoms with Gasteiger partial charge in [0.1, 0.15) is 10.7 Å². The molecule has 1 atom stereocenters. The zero-order valence-corrected chi connectivity index (χ0v) is 17.3. The number of fused-ring (bicyclic) bond motifs is 1. The van der Waals surface area contributed by atoms with Gasteiger partial charge in [0.05, 0.1) is 10.9 Å². The third-order valence-corrected chi connectivity index (χ3v) is 6.10. The first-order valence-electron chi connectivity index (χ1n) is 9.43. The van der Waals surface area contributed by atoms with Crippen LogP contribution in [0.1, 0.15) is 23.2 Å². The van der Waals surface area contributed by atoms with E-state index in [9.17, 15) is 4.79 Å². The maximum atomic E-state index is 12.4. The predicted octanol–water partition coefficient (Wildman–Crippen LogP) is 5.37. The molecular formula is C24H19ClN2OS. The fraction of sp³-hybridized carbons (Fsp3) is 0.167. The van der Waals surface area contributed by atoms with Gasteiger partial charge in [0, 0.05) is 11.4 Å². The zero-order chi connectivity index (χ0) is 20.1. The van der Waals surface area contributed by atoms with Crippen molar-refractivity contribution in [1.29, 1.82) is 0 Å². The number of amides is 1. The van der Waals surface area contributed by atoms with Gasteiger partial charge in [-0.25, -0.2) is 4.98 Å². The van der Waals surface area contributed by atoms with Crippen LogP contribution in [-0.4, -0.2) is 16.1 Å². The molecule has 0 saturated carbocycles. The van der Waals surface area contributed by atoms with Gasteiger partial charge in [-0.2, -0.15) is 0 Å². The average molecular weight is 419 g/mol. The van der Waals surface area contributed by atoms with Crippen LogP contribution in [0.5, 0.6) is 0 Å². The molecule has 144 valence electrons. The summed E-state index contributed by atoms with van der Waals surface area (Å²) in [6.45, 7) is 0. The SMILES string of the molecule is O=C1Nc2ccc(C#CCc3ccccc3)nc2SC1CCc1cccc(Cl)c1. The molecule has 0 aliphatic carbocycles. The highest BCUT2D eigenvalue weighted by molar-refractivity contribution is 8.00. The lowest BCUT2D eigenvalue weighted by Gasteiger charge is -2.23. The van der Waals surface area contributed by atoms with Crippen molar-refractivity contribution in [3.8, 4) is 11.8 Å². The van der Waals surface area contributed by atoms with Gasteiger partial charge in [0.2, 0.25) is 5.91 Å². The summed E-state index contributed by atoms with van der Waals surface area (Å²) in [7, 11) is 0. The van der Waals surface area contributed by atoms with E-state index in [1.807, 2.05) is 54.6 Å². The fourth-order valence-corrected chi connectivity index (χ4v) is 4.39. The number of thioether (sulfide) groups is 1. The van der Waals surface area contributed by atoms with Crippen molar-refractivity contribution >= 4 is 35.0 Å². The minimum absolute atomic E-state index is 0.0224.